The molecule has 4 nitrogen and oxygen atoms in total. The number of rotatable bonds is 2. The van der Waals surface area contributed by atoms with Crippen LogP contribution in [0.5, 0.6) is 0 Å². The highest BCUT2D eigenvalue weighted by Gasteiger charge is 2.38. The number of hydrogen-bond acceptors (Lipinski definition) is 4. The third-order valence-corrected chi connectivity index (χ3v) is 3.52. The van der Waals surface area contributed by atoms with E-state index >= 15 is 0 Å². The van der Waals surface area contributed by atoms with Gasteiger partial charge in [0.1, 0.15) is 0 Å². The molecule has 0 bridgehead atoms. The number of nitrogens with zero attached hydrogens (tertiary/aromatic N) is 1. The average Bonchev–Trinajstić information content (AvgIpc) is 2.69. The largest absolute Gasteiger partial charge is 0.466 e. The van der Waals surface area contributed by atoms with E-state index in [1.54, 1.807) is 0 Å². The maximum Gasteiger partial charge on any atom is 0.350 e. The van der Waals surface area contributed by atoms with Gasteiger partial charge < -0.3 is 9.57 Å². The minimum absolute atomic E-state index is 0.104. The Kier molecular flexibility index (Phi) is 3.60. The average molecular weight is 261 g/mol. The van der Waals surface area contributed by atoms with Crippen molar-refractivity contribution in [3.05, 3.63) is 34.4 Å². The van der Waals surface area contributed by atoms with Crippen LogP contribution in [-0.4, -0.2) is 24.9 Å². The number of methoxy groups -OCH3 is 1. The zero-order valence-electron chi connectivity index (χ0n) is 12.0. The standard InChI is InChI=1S/C15H19NO3/c1-8-6-9(2)12(10(3)7-8)13-11(4)14(19-16-13)15(17)18-5/h6-7,11,14H,1-5H3/t11-,14-/m1/s1. The van der Waals surface area contributed by atoms with E-state index in [9.17, 15) is 4.79 Å². The molecule has 0 amide bonds. The van der Waals surface area contributed by atoms with Crippen LogP contribution in [0.3, 0.4) is 0 Å². The van der Waals surface area contributed by atoms with Crippen molar-refractivity contribution >= 4 is 11.7 Å². The molecule has 1 aliphatic rings. The number of benzene rings is 1. The van der Waals surface area contributed by atoms with Crippen LogP contribution < -0.4 is 0 Å². The van der Waals surface area contributed by atoms with Crippen LogP contribution in [0.2, 0.25) is 0 Å². The highest BCUT2D eigenvalue weighted by atomic mass is 16.7. The van der Waals surface area contributed by atoms with Gasteiger partial charge in [-0.1, -0.05) is 29.8 Å². The van der Waals surface area contributed by atoms with Crippen molar-refractivity contribution in [2.45, 2.75) is 33.8 Å². The second kappa shape index (κ2) is 5.03. The van der Waals surface area contributed by atoms with Crippen LogP contribution >= 0.6 is 0 Å². The van der Waals surface area contributed by atoms with E-state index in [-0.39, 0.29) is 11.9 Å². The second-order valence-corrected chi connectivity index (χ2v) is 5.09. The summed E-state index contributed by atoms with van der Waals surface area (Å²) in [7, 11) is 1.36. The highest BCUT2D eigenvalue weighted by molar-refractivity contribution is 6.07. The van der Waals surface area contributed by atoms with Gasteiger partial charge in [0.15, 0.2) is 0 Å². The van der Waals surface area contributed by atoms with Gasteiger partial charge in [0, 0.05) is 5.56 Å². The molecule has 0 N–H and O–H groups in total. The van der Waals surface area contributed by atoms with Crippen molar-refractivity contribution in [3.8, 4) is 0 Å². The number of aryl methyl sites for hydroxylation is 3. The third kappa shape index (κ3) is 2.35. The normalized spacial score (nSPS) is 21.8. The fourth-order valence-electron chi connectivity index (χ4n) is 2.65. The van der Waals surface area contributed by atoms with Gasteiger partial charge in [0.25, 0.3) is 0 Å². The molecule has 0 unspecified atom stereocenters. The summed E-state index contributed by atoms with van der Waals surface area (Å²) < 4.78 is 4.73. The number of carbonyl (C=O) groups excluding carboxylic acids is 1. The summed E-state index contributed by atoms with van der Waals surface area (Å²) in [6, 6.07) is 4.23. The Labute approximate surface area is 113 Å². The van der Waals surface area contributed by atoms with Crippen molar-refractivity contribution in [3.63, 3.8) is 0 Å². The van der Waals surface area contributed by atoms with E-state index in [1.807, 2.05) is 6.92 Å². The molecule has 1 aromatic rings. The Morgan fingerprint density at radius 2 is 1.84 bits per heavy atom. The Balaban J connectivity index is 2.37. The lowest BCUT2D eigenvalue weighted by atomic mass is 9.88. The van der Waals surface area contributed by atoms with Crippen molar-refractivity contribution < 1.29 is 14.4 Å². The van der Waals surface area contributed by atoms with Gasteiger partial charge in [-0.3, -0.25) is 0 Å². The maximum absolute atomic E-state index is 11.6. The molecular weight excluding hydrogens is 242 g/mol. The molecule has 4 heteroatoms. The molecule has 1 aliphatic heterocycles. The molecule has 1 heterocycles. The molecule has 0 radical (unpaired) electrons. The summed E-state index contributed by atoms with van der Waals surface area (Å²) in [5.74, 6) is -0.485. The van der Waals surface area contributed by atoms with Gasteiger partial charge in [-0.2, -0.15) is 0 Å². The molecule has 102 valence electrons. The van der Waals surface area contributed by atoms with Gasteiger partial charge in [-0.05, 0) is 31.9 Å². The SMILES string of the molecule is COC(=O)[C@@H]1ON=C(c2c(C)cc(C)cc2C)[C@H]1C. The molecular formula is C15H19NO3. The Bertz CT molecular complexity index is 525. The van der Waals surface area contributed by atoms with E-state index < -0.39 is 6.10 Å². The fourth-order valence-corrected chi connectivity index (χ4v) is 2.65. The number of hydrogen-bond donors (Lipinski definition) is 0. The molecule has 0 spiro atoms. The predicted molar refractivity (Wildman–Crippen MR) is 73.2 cm³/mol. The molecule has 2 rings (SSSR count). The van der Waals surface area contributed by atoms with E-state index in [2.05, 4.69) is 38.1 Å². The van der Waals surface area contributed by atoms with Crippen LogP contribution in [0.4, 0.5) is 0 Å². The van der Waals surface area contributed by atoms with Crippen molar-refractivity contribution in [2.75, 3.05) is 7.11 Å². The first kappa shape index (κ1) is 13.6. The molecule has 1 aromatic carbocycles. The Hall–Kier alpha value is -1.84. The fraction of sp³-hybridized carbons (Fsp3) is 0.467. The topological polar surface area (TPSA) is 47.9 Å². The number of esters is 1. The minimum Gasteiger partial charge on any atom is -0.466 e. The van der Waals surface area contributed by atoms with Crippen LogP contribution in [0.15, 0.2) is 17.3 Å². The van der Waals surface area contributed by atoms with Crippen LogP contribution in [0, 0.1) is 26.7 Å². The first-order chi connectivity index (χ1) is 8.95. The van der Waals surface area contributed by atoms with Crippen LogP contribution in [0.25, 0.3) is 0 Å². The maximum atomic E-state index is 11.6. The van der Waals surface area contributed by atoms with Crippen LogP contribution in [-0.2, 0) is 14.4 Å². The zero-order valence-corrected chi connectivity index (χ0v) is 12.0. The quantitative estimate of drug-likeness (QED) is 0.769. The summed E-state index contributed by atoms with van der Waals surface area (Å²) >= 11 is 0. The number of carbonyl (C=O) groups is 1. The predicted octanol–water partition coefficient (Wildman–Crippen LogP) is 2.52. The molecule has 0 saturated carbocycles. The van der Waals surface area contributed by atoms with Gasteiger partial charge >= 0.3 is 5.97 Å². The number of oxime groups is 1. The summed E-state index contributed by atoms with van der Waals surface area (Å²) in [5.41, 5.74) is 5.42. The summed E-state index contributed by atoms with van der Waals surface area (Å²) in [6.07, 6.45) is -0.639. The smallest absolute Gasteiger partial charge is 0.350 e. The first-order valence-corrected chi connectivity index (χ1v) is 6.35. The van der Waals surface area contributed by atoms with Crippen molar-refractivity contribution in [1.82, 2.24) is 0 Å². The van der Waals surface area contributed by atoms with E-state index in [0.29, 0.717) is 0 Å². The Morgan fingerprint density at radius 1 is 1.26 bits per heavy atom. The van der Waals surface area contributed by atoms with Crippen molar-refractivity contribution in [1.29, 1.82) is 0 Å². The van der Waals surface area contributed by atoms with Gasteiger partial charge in [-0.25, -0.2) is 4.79 Å². The first-order valence-electron chi connectivity index (χ1n) is 6.35. The van der Waals surface area contributed by atoms with E-state index in [1.165, 1.54) is 12.7 Å². The van der Waals surface area contributed by atoms with Gasteiger partial charge in [0.2, 0.25) is 6.10 Å². The zero-order chi connectivity index (χ0) is 14.2. The van der Waals surface area contributed by atoms with E-state index in [4.69, 9.17) is 9.57 Å². The number of ether oxygens (including phenoxy) is 1. The summed E-state index contributed by atoms with van der Waals surface area (Å²) in [4.78, 5) is 16.8. The lowest BCUT2D eigenvalue weighted by Gasteiger charge is -2.15. The van der Waals surface area contributed by atoms with Crippen LogP contribution in [0.1, 0.15) is 29.2 Å². The summed E-state index contributed by atoms with van der Waals surface area (Å²) in [6.45, 7) is 8.11. The Morgan fingerprint density at radius 3 is 2.37 bits per heavy atom. The van der Waals surface area contributed by atoms with Crippen molar-refractivity contribution in [2.24, 2.45) is 11.1 Å². The van der Waals surface area contributed by atoms with Gasteiger partial charge in [0.05, 0.1) is 18.7 Å². The molecule has 0 aromatic heterocycles. The molecule has 0 fully saturated rings. The second-order valence-electron chi connectivity index (χ2n) is 5.09. The molecule has 2 atom stereocenters. The molecule has 0 aliphatic carbocycles. The molecule has 19 heavy (non-hydrogen) atoms. The van der Waals surface area contributed by atoms with Gasteiger partial charge in [-0.15, -0.1) is 0 Å². The lowest BCUT2D eigenvalue weighted by Crippen LogP contribution is -2.30. The highest BCUT2D eigenvalue weighted by Crippen LogP contribution is 2.28. The molecule has 0 saturated heterocycles. The third-order valence-electron chi connectivity index (χ3n) is 3.52. The summed E-state index contributed by atoms with van der Waals surface area (Å²) in [5, 5.41) is 4.10. The lowest BCUT2D eigenvalue weighted by molar-refractivity contribution is -0.154. The monoisotopic (exact) mass is 261 g/mol. The minimum atomic E-state index is -0.639. The van der Waals surface area contributed by atoms with E-state index in [0.717, 1.165) is 22.4 Å².